The molecule has 7 nitrogen and oxygen atoms in total. The van der Waals surface area contributed by atoms with Crippen LogP contribution in [0.3, 0.4) is 0 Å². The van der Waals surface area contributed by atoms with Crippen molar-refractivity contribution < 1.29 is 18.0 Å². The maximum atomic E-state index is 12.6. The van der Waals surface area contributed by atoms with Crippen molar-refractivity contribution in [2.24, 2.45) is 0 Å². The smallest absolute Gasteiger partial charge is 0.252 e. The van der Waals surface area contributed by atoms with Crippen LogP contribution in [0.15, 0.2) is 23.1 Å². The molecule has 0 saturated carbocycles. The SMILES string of the molecule is CCCNC(=O)CCNC(=O)c1cc(S(=O)(=O)N(CC)CC)ccc1Cl. The molecule has 0 atom stereocenters. The van der Waals surface area contributed by atoms with Crippen LogP contribution in [0.1, 0.15) is 44.0 Å². The van der Waals surface area contributed by atoms with E-state index >= 15 is 0 Å². The van der Waals surface area contributed by atoms with Crippen LogP contribution >= 0.6 is 11.6 Å². The van der Waals surface area contributed by atoms with Gasteiger partial charge in [0.15, 0.2) is 0 Å². The Morgan fingerprint density at radius 2 is 1.73 bits per heavy atom. The van der Waals surface area contributed by atoms with Gasteiger partial charge in [-0.3, -0.25) is 9.59 Å². The van der Waals surface area contributed by atoms with Crippen LogP contribution in [0, 0.1) is 0 Å². The predicted molar refractivity (Wildman–Crippen MR) is 102 cm³/mol. The zero-order valence-corrected chi connectivity index (χ0v) is 16.9. The molecule has 0 saturated heterocycles. The Labute approximate surface area is 160 Å². The number of nitrogens with zero attached hydrogens (tertiary/aromatic N) is 1. The number of rotatable bonds is 10. The molecule has 1 aromatic carbocycles. The second-order valence-electron chi connectivity index (χ2n) is 5.59. The fraction of sp³-hybridized carbons (Fsp3) is 0.529. The molecule has 9 heteroatoms. The van der Waals surface area contributed by atoms with E-state index < -0.39 is 15.9 Å². The highest BCUT2D eigenvalue weighted by molar-refractivity contribution is 7.89. The summed E-state index contributed by atoms with van der Waals surface area (Å²) in [5.74, 6) is -0.675. The third kappa shape index (κ3) is 5.96. The van der Waals surface area contributed by atoms with Crippen molar-refractivity contribution in [3.05, 3.63) is 28.8 Å². The first-order valence-corrected chi connectivity index (χ1v) is 10.4. The number of hydrogen-bond donors (Lipinski definition) is 2. The molecule has 0 unspecified atom stereocenters. The minimum atomic E-state index is -3.69. The molecule has 0 heterocycles. The summed E-state index contributed by atoms with van der Waals surface area (Å²) in [7, 11) is -3.69. The van der Waals surface area contributed by atoms with E-state index in [1.54, 1.807) is 13.8 Å². The topological polar surface area (TPSA) is 95.6 Å². The first-order valence-electron chi connectivity index (χ1n) is 8.62. The molecule has 2 amide bonds. The first-order chi connectivity index (χ1) is 12.3. The summed E-state index contributed by atoms with van der Waals surface area (Å²) < 4.78 is 26.5. The molecule has 0 aliphatic carbocycles. The number of amides is 2. The number of benzene rings is 1. The van der Waals surface area contributed by atoms with Crippen molar-refractivity contribution in [1.82, 2.24) is 14.9 Å². The standard InChI is InChI=1S/C17H26ClN3O4S/c1-4-10-19-16(22)9-11-20-17(23)14-12-13(7-8-15(14)18)26(24,25)21(5-2)6-3/h7-8,12H,4-6,9-11H2,1-3H3,(H,19,22)(H,20,23). The molecular formula is C17H26ClN3O4S. The minimum absolute atomic E-state index is 0.0106. The largest absolute Gasteiger partial charge is 0.356 e. The van der Waals surface area contributed by atoms with Gasteiger partial charge >= 0.3 is 0 Å². The Morgan fingerprint density at radius 1 is 1.08 bits per heavy atom. The molecule has 0 fully saturated rings. The van der Waals surface area contributed by atoms with Crippen LogP contribution in [0.25, 0.3) is 0 Å². The molecular weight excluding hydrogens is 378 g/mol. The van der Waals surface area contributed by atoms with E-state index in [0.29, 0.717) is 19.6 Å². The highest BCUT2D eigenvalue weighted by Crippen LogP contribution is 2.23. The summed E-state index contributed by atoms with van der Waals surface area (Å²) in [4.78, 5) is 23.9. The van der Waals surface area contributed by atoms with E-state index in [-0.39, 0.29) is 34.4 Å². The van der Waals surface area contributed by atoms with E-state index in [4.69, 9.17) is 11.6 Å². The maximum Gasteiger partial charge on any atom is 0.252 e. The quantitative estimate of drug-likeness (QED) is 0.624. The third-order valence-corrected chi connectivity index (χ3v) is 6.11. The lowest BCUT2D eigenvalue weighted by atomic mass is 10.2. The third-order valence-electron chi connectivity index (χ3n) is 3.74. The Balaban J connectivity index is 2.87. The van der Waals surface area contributed by atoms with Crippen molar-refractivity contribution >= 4 is 33.4 Å². The molecule has 1 aromatic rings. The Morgan fingerprint density at radius 3 is 2.31 bits per heavy atom. The number of carbonyl (C=O) groups excluding carboxylic acids is 2. The van der Waals surface area contributed by atoms with E-state index in [1.807, 2.05) is 6.92 Å². The van der Waals surface area contributed by atoms with Gasteiger partial charge < -0.3 is 10.6 Å². The maximum absolute atomic E-state index is 12.6. The van der Waals surface area contributed by atoms with Crippen LogP contribution in [-0.4, -0.2) is 50.7 Å². The lowest BCUT2D eigenvalue weighted by Crippen LogP contribution is -2.32. The van der Waals surface area contributed by atoms with Gasteiger partial charge in [0.25, 0.3) is 5.91 Å². The predicted octanol–water partition coefficient (Wildman–Crippen LogP) is 2.02. The van der Waals surface area contributed by atoms with Crippen molar-refractivity contribution in [1.29, 1.82) is 0 Å². The normalized spacial score (nSPS) is 11.4. The zero-order chi connectivity index (χ0) is 19.7. The van der Waals surface area contributed by atoms with Crippen molar-refractivity contribution in [2.45, 2.75) is 38.5 Å². The fourth-order valence-electron chi connectivity index (χ4n) is 2.29. The highest BCUT2D eigenvalue weighted by atomic mass is 35.5. The number of sulfonamides is 1. The molecule has 0 bridgehead atoms. The summed E-state index contributed by atoms with van der Waals surface area (Å²) in [6.45, 7) is 6.82. The average molecular weight is 404 g/mol. The number of hydrogen-bond acceptors (Lipinski definition) is 4. The lowest BCUT2D eigenvalue weighted by Gasteiger charge is -2.19. The molecule has 2 N–H and O–H groups in total. The van der Waals surface area contributed by atoms with Gasteiger partial charge in [0.2, 0.25) is 15.9 Å². The van der Waals surface area contributed by atoms with Gasteiger partial charge in [0.1, 0.15) is 0 Å². The van der Waals surface area contributed by atoms with Crippen molar-refractivity contribution in [2.75, 3.05) is 26.2 Å². The molecule has 0 spiro atoms. The highest BCUT2D eigenvalue weighted by Gasteiger charge is 2.23. The average Bonchev–Trinajstić information content (AvgIpc) is 2.60. The summed E-state index contributed by atoms with van der Waals surface area (Å²) in [5.41, 5.74) is 0.0638. The fourth-order valence-corrected chi connectivity index (χ4v) is 3.98. The second kappa shape index (κ2) is 10.5. The van der Waals surface area contributed by atoms with Crippen LogP contribution in [0.4, 0.5) is 0 Å². The van der Waals surface area contributed by atoms with Gasteiger partial charge in [-0.1, -0.05) is 32.4 Å². The van der Waals surface area contributed by atoms with Crippen molar-refractivity contribution in [3.8, 4) is 0 Å². The van der Waals surface area contributed by atoms with Crippen LogP contribution < -0.4 is 10.6 Å². The van der Waals surface area contributed by atoms with E-state index in [0.717, 1.165) is 6.42 Å². The van der Waals surface area contributed by atoms with Gasteiger partial charge in [-0.05, 0) is 24.6 Å². The van der Waals surface area contributed by atoms with E-state index in [9.17, 15) is 18.0 Å². The summed E-state index contributed by atoms with van der Waals surface area (Å²) >= 11 is 6.05. The molecule has 146 valence electrons. The second-order valence-corrected chi connectivity index (χ2v) is 7.93. The molecule has 26 heavy (non-hydrogen) atoms. The molecule has 0 radical (unpaired) electrons. The van der Waals surface area contributed by atoms with Gasteiger partial charge in [0, 0.05) is 32.6 Å². The first kappa shape index (κ1) is 22.4. The minimum Gasteiger partial charge on any atom is -0.356 e. The van der Waals surface area contributed by atoms with E-state index in [2.05, 4.69) is 10.6 Å². The Kier molecular flexibility index (Phi) is 9.04. The Hall–Kier alpha value is -1.64. The number of halogens is 1. The van der Waals surface area contributed by atoms with Gasteiger partial charge in [-0.2, -0.15) is 4.31 Å². The zero-order valence-electron chi connectivity index (χ0n) is 15.3. The van der Waals surface area contributed by atoms with Crippen LogP contribution in [0.2, 0.25) is 5.02 Å². The molecule has 0 aliphatic heterocycles. The number of nitrogens with one attached hydrogen (secondary N) is 2. The lowest BCUT2D eigenvalue weighted by molar-refractivity contribution is -0.120. The van der Waals surface area contributed by atoms with Gasteiger partial charge in [-0.25, -0.2) is 8.42 Å². The van der Waals surface area contributed by atoms with Crippen molar-refractivity contribution in [3.63, 3.8) is 0 Å². The summed E-state index contributed by atoms with van der Waals surface area (Å²) in [5, 5.41) is 5.45. The van der Waals surface area contributed by atoms with E-state index in [1.165, 1.54) is 22.5 Å². The van der Waals surface area contributed by atoms with Gasteiger partial charge in [-0.15, -0.1) is 0 Å². The Bertz CT molecular complexity index is 734. The molecule has 0 aliphatic rings. The molecule has 1 rings (SSSR count). The van der Waals surface area contributed by atoms with Crippen LogP contribution in [-0.2, 0) is 14.8 Å². The molecule has 0 aromatic heterocycles. The van der Waals surface area contributed by atoms with Gasteiger partial charge in [0.05, 0.1) is 15.5 Å². The monoisotopic (exact) mass is 403 g/mol. The summed E-state index contributed by atoms with van der Waals surface area (Å²) in [6.07, 6.45) is 0.975. The number of carbonyl (C=O) groups is 2. The summed E-state index contributed by atoms with van der Waals surface area (Å²) in [6, 6.07) is 4.04. The van der Waals surface area contributed by atoms with Crippen LogP contribution in [0.5, 0.6) is 0 Å².